The average molecular weight is 221 g/mol. The number of para-hydroxylation sites is 1. The van der Waals surface area contributed by atoms with Gasteiger partial charge < -0.3 is 5.32 Å². The fourth-order valence-corrected chi connectivity index (χ4v) is 1.07. The molecule has 16 heavy (non-hydrogen) atoms. The predicted octanol–water partition coefficient (Wildman–Crippen LogP) is 5.46. The normalized spacial score (nSPS) is 9.25. The number of rotatable bonds is 3. The maximum absolute atomic E-state index is 3.34. The zero-order chi connectivity index (χ0) is 12.8. The molecule has 0 aliphatic heterocycles. The lowest BCUT2D eigenvalue weighted by molar-refractivity contribution is 1.10. The van der Waals surface area contributed by atoms with Gasteiger partial charge in [-0.25, -0.2) is 0 Å². The van der Waals surface area contributed by atoms with Gasteiger partial charge in [0.05, 0.1) is 0 Å². The van der Waals surface area contributed by atoms with Crippen molar-refractivity contribution < 1.29 is 0 Å². The number of hydrogen-bond acceptors (Lipinski definition) is 1. The van der Waals surface area contributed by atoms with Gasteiger partial charge in [0.25, 0.3) is 0 Å². The van der Waals surface area contributed by atoms with Crippen LogP contribution in [0.5, 0.6) is 0 Å². The molecule has 0 atom stereocenters. The van der Waals surface area contributed by atoms with Crippen LogP contribution in [0.4, 0.5) is 5.69 Å². The molecule has 0 fully saturated rings. The first-order valence-electron chi connectivity index (χ1n) is 6.34. The summed E-state index contributed by atoms with van der Waals surface area (Å²) in [5.41, 5.74) is 2.42. The van der Waals surface area contributed by atoms with Crippen LogP contribution >= 0.6 is 0 Å². The van der Waals surface area contributed by atoms with Crippen LogP contribution in [-0.4, -0.2) is 0 Å². The predicted molar refractivity (Wildman–Crippen MR) is 76.8 cm³/mol. The fraction of sp³-hybridized carbons (Fsp3) is 0.467. The molecule has 1 heteroatoms. The topological polar surface area (TPSA) is 12.0 Å². The van der Waals surface area contributed by atoms with Crippen LogP contribution in [0, 0.1) is 0 Å². The number of nitrogens with one attached hydrogen (secondary N) is 1. The Balaban J connectivity index is 0. The van der Waals surface area contributed by atoms with E-state index in [4.69, 9.17) is 0 Å². The van der Waals surface area contributed by atoms with E-state index in [9.17, 15) is 0 Å². The fourth-order valence-electron chi connectivity index (χ4n) is 1.07. The standard InChI is InChI=1S/C11H15N.2C2H6/c1-3-10(4-2)12-11-8-6-5-7-9-11;2*1-2/h3,5-9,12H,4H2,1-2H3;2*1-2H3/b10-3+;;. The molecular formula is C15H27N. The Hall–Kier alpha value is -1.24. The summed E-state index contributed by atoms with van der Waals surface area (Å²) in [5, 5.41) is 3.34. The molecular weight excluding hydrogens is 194 g/mol. The molecule has 0 saturated heterocycles. The molecule has 1 aromatic rings. The first-order valence-corrected chi connectivity index (χ1v) is 6.34. The van der Waals surface area contributed by atoms with E-state index in [2.05, 4.69) is 37.4 Å². The van der Waals surface area contributed by atoms with E-state index >= 15 is 0 Å². The third-order valence-electron chi connectivity index (χ3n) is 1.81. The molecule has 0 radical (unpaired) electrons. The Bertz CT molecular complexity index is 249. The molecule has 0 amide bonds. The summed E-state index contributed by atoms with van der Waals surface area (Å²) >= 11 is 0. The van der Waals surface area contributed by atoms with E-state index < -0.39 is 0 Å². The molecule has 0 saturated carbocycles. The van der Waals surface area contributed by atoms with Crippen LogP contribution in [0.1, 0.15) is 48.0 Å². The molecule has 0 aromatic heterocycles. The Morgan fingerprint density at radius 1 is 1.06 bits per heavy atom. The Morgan fingerprint density at radius 2 is 1.56 bits per heavy atom. The van der Waals surface area contributed by atoms with Crippen LogP contribution in [0.3, 0.4) is 0 Å². The van der Waals surface area contributed by atoms with Crippen molar-refractivity contribution >= 4 is 5.69 Å². The van der Waals surface area contributed by atoms with Gasteiger partial charge in [-0.2, -0.15) is 0 Å². The summed E-state index contributed by atoms with van der Waals surface area (Å²) in [4.78, 5) is 0. The van der Waals surface area contributed by atoms with Crippen molar-refractivity contribution in [2.24, 2.45) is 0 Å². The van der Waals surface area contributed by atoms with Crippen molar-refractivity contribution in [3.63, 3.8) is 0 Å². The third-order valence-corrected chi connectivity index (χ3v) is 1.81. The molecule has 0 aliphatic carbocycles. The summed E-state index contributed by atoms with van der Waals surface area (Å²) in [6, 6.07) is 10.2. The van der Waals surface area contributed by atoms with Crippen molar-refractivity contribution in [1.29, 1.82) is 0 Å². The van der Waals surface area contributed by atoms with Gasteiger partial charge in [0.1, 0.15) is 0 Å². The lowest BCUT2D eigenvalue weighted by Crippen LogP contribution is -1.96. The molecule has 0 spiro atoms. The molecule has 0 bridgehead atoms. The van der Waals surface area contributed by atoms with Crippen molar-refractivity contribution in [3.8, 4) is 0 Å². The highest BCUT2D eigenvalue weighted by Crippen LogP contribution is 2.10. The minimum absolute atomic E-state index is 1.05. The van der Waals surface area contributed by atoms with Gasteiger partial charge in [-0.15, -0.1) is 0 Å². The van der Waals surface area contributed by atoms with E-state index in [1.54, 1.807) is 0 Å². The lowest BCUT2D eigenvalue weighted by atomic mass is 10.2. The van der Waals surface area contributed by atoms with Gasteiger partial charge in [0.2, 0.25) is 0 Å². The number of benzene rings is 1. The molecule has 0 heterocycles. The highest BCUT2D eigenvalue weighted by molar-refractivity contribution is 5.47. The van der Waals surface area contributed by atoms with Crippen molar-refractivity contribution in [2.75, 3.05) is 5.32 Å². The van der Waals surface area contributed by atoms with Gasteiger partial charge >= 0.3 is 0 Å². The van der Waals surface area contributed by atoms with Crippen LogP contribution in [0.15, 0.2) is 42.1 Å². The van der Waals surface area contributed by atoms with Crippen molar-refractivity contribution in [3.05, 3.63) is 42.1 Å². The maximum Gasteiger partial charge on any atom is 0.0381 e. The second-order valence-corrected chi connectivity index (χ2v) is 2.66. The quantitative estimate of drug-likeness (QED) is 0.714. The smallest absolute Gasteiger partial charge is 0.0381 e. The van der Waals surface area contributed by atoms with Gasteiger partial charge in [-0.05, 0) is 25.5 Å². The first-order chi connectivity index (χ1) is 7.86. The number of allylic oxidation sites excluding steroid dienone is 2. The van der Waals surface area contributed by atoms with Crippen LogP contribution in [0.25, 0.3) is 0 Å². The zero-order valence-corrected chi connectivity index (χ0v) is 11.7. The second kappa shape index (κ2) is 13.8. The first kappa shape index (κ1) is 17.2. The second-order valence-electron chi connectivity index (χ2n) is 2.66. The Labute approximate surface area is 102 Å². The minimum Gasteiger partial charge on any atom is -0.359 e. The summed E-state index contributed by atoms with van der Waals surface area (Å²) in [5.74, 6) is 0. The van der Waals surface area contributed by atoms with E-state index in [1.165, 1.54) is 5.70 Å². The molecule has 1 N–H and O–H groups in total. The highest BCUT2D eigenvalue weighted by atomic mass is 14.9. The van der Waals surface area contributed by atoms with E-state index in [1.807, 2.05) is 45.9 Å². The monoisotopic (exact) mass is 221 g/mol. The van der Waals surface area contributed by atoms with E-state index in [0.29, 0.717) is 0 Å². The summed E-state index contributed by atoms with van der Waals surface area (Å²) < 4.78 is 0. The summed E-state index contributed by atoms with van der Waals surface area (Å²) in [7, 11) is 0. The Morgan fingerprint density at radius 3 is 1.94 bits per heavy atom. The molecule has 0 aliphatic rings. The van der Waals surface area contributed by atoms with Crippen LogP contribution < -0.4 is 5.32 Å². The van der Waals surface area contributed by atoms with E-state index in [0.717, 1.165) is 12.1 Å². The molecule has 1 rings (SSSR count). The maximum atomic E-state index is 3.34. The van der Waals surface area contributed by atoms with E-state index in [-0.39, 0.29) is 0 Å². The van der Waals surface area contributed by atoms with Crippen molar-refractivity contribution in [1.82, 2.24) is 0 Å². The molecule has 1 nitrogen and oxygen atoms in total. The summed E-state index contributed by atoms with van der Waals surface area (Å²) in [6.45, 7) is 12.2. The average Bonchev–Trinajstić information content (AvgIpc) is 2.42. The van der Waals surface area contributed by atoms with Gasteiger partial charge in [-0.3, -0.25) is 0 Å². The van der Waals surface area contributed by atoms with Crippen molar-refractivity contribution in [2.45, 2.75) is 48.0 Å². The van der Waals surface area contributed by atoms with Crippen LogP contribution in [0.2, 0.25) is 0 Å². The zero-order valence-electron chi connectivity index (χ0n) is 11.7. The molecule has 0 unspecified atom stereocenters. The SMILES string of the molecule is C/C=C(\CC)Nc1ccccc1.CC.CC. The summed E-state index contributed by atoms with van der Waals surface area (Å²) in [6.07, 6.45) is 3.15. The van der Waals surface area contributed by atoms with Gasteiger partial charge in [0, 0.05) is 11.4 Å². The molecule has 1 aromatic carbocycles. The number of anilines is 1. The molecule has 92 valence electrons. The minimum atomic E-state index is 1.05. The van der Waals surface area contributed by atoms with Gasteiger partial charge in [-0.1, -0.05) is 58.9 Å². The Kier molecular flexibility index (Phi) is 14.8. The van der Waals surface area contributed by atoms with Crippen LogP contribution in [-0.2, 0) is 0 Å². The third kappa shape index (κ3) is 8.10. The highest BCUT2D eigenvalue weighted by Gasteiger charge is 1.91. The van der Waals surface area contributed by atoms with Gasteiger partial charge in [0.15, 0.2) is 0 Å². The largest absolute Gasteiger partial charge is 0.359 e. The lowest BCUT2D eigenvalue weighted by Gasteiger charge is -2.07. The number of hydrogen-bond donors (Lipinski definition) is 1.